The molecule has 2 heterocycles. The largest absolute Gasteiger partial charge is 0.339 e. The van der Waals surface area contributed by atoms with Crippen molar-refractivity contribution in [2.75, 3.05) is 13.1 Å². The molecular weight excluding hydrogens is 363 g/mol. The fraction of sp³-hybridized carbons (Fsp3) is 0.471. The van der Waals surface area contributed by atoms with Gasteiger partial charge < -0.3 is 15.2 Å². The molecule has 136 valence electrons. The lowest BCUT2D eigenvalue weighted by Crippen LogP contribution is -2.39. The van der Waals surface area contributed by atoms with Crippen LogP contribution < -0.4 is 5.73 Å². The Balaban J connectivity index is 0.00000225. The summed E-state index contributed by atoms with van der Waals surface area (Å²) < 4.78 is 5.26. The Morgan fingerprint density at radius 2 is 2.12 bits per heavy atom. The third-order valence-corrected chi connectivity index (χ3v) is 4.57. The first-order valence-corrected chi connectivity index (χ1v) is 8.63. The molecule has 1 unspecified atom stereocenters. The quantitative estimate of drug-likeness (QED) is 0.826. The predicted octanol–water partition coefficient (Wildman–Crippen LogP) is 3.08. The van der Waals surface area contributed by atoms with E-state index in [0.29, 0.717) is 42.5 Å². The summed E-state index contributed by atoms with van der Waals surface area (Å²) in [5.74, 6) is 1.25. The predicted molar refractivity (Wildman–Crippen MR) is 98.7 cm³/mol. The Hall–Kier alpha value is -1.63. The molecule has 1 aliphatic heterocycles. The fourth-order valence-electron chi connectivity index (χ4n) is 3.02. The smallest absolute Gasteiger partial charge is 0.226 e. The van der Waals surface area contributed by atoms with E-state index < -0.39 is 0 Å². The van der Waals surface area contributed by atoms with Crippen LogP contribution in [0.15, 0.2) is 28.8 Å². The molecular formula is C17H22Cl2N4O2. The topological polar surface area (TPSA) is 85.2 Å². The number of amides is 1. The summed E-state index contributed by atoms with van der Waals surface area (Å²) in [4.78, 5) is 18.5. The van der Waals surface area contributed by atoms with Crippen molar-refractivity contribution in [3.05, 3.63) is 35.2 Å². The Morgan fingerprint density at radius 3 is 2.84 bits per heavy atom. The molecule has 8 heteroatoms. The van der Waals surface area contributed by atoms with E-state index in [9.17, 15) is 4.79 Å². The molecule has 2 N–H and O–H groups in total. The number of benzene rings is 1. The maximum atomic E-state index is 12.3. The minimum Gasteiger partial charge on any atom is -0.339 e. The first-order chi connectivity index (χ1) is 11.7. The van der Waals surface area contributed by atoms with Gasteiger partial charge in [-0.2, -0.15) is 4.98 Å². The van der Waals surface area contributed by atoms with E-state index in [1.165, 1.54) is 0 Å². The highest BCUT2D eigenvalue weighted by Crippen LogP contribution is 2.20. The van der Waals surface area contributed by atoms with Crippen molar-refractivity contribution in [2.45, 2.75) is 38.1 Å². The highest BCUT2D eigenvalue weighted by atomic mass is 35.5. The van der Waals surface area contributed by atoms with Gasteiger partial charge in [0.05, 0.1) is 0 Å². The molecule has 1 amide bonds. The molecule has 1 fully saturated rings. The first kappa shape index (κ1) is 19.7. The van der Waals surface area contributed by atoms with Crippen LogP contribution in [0.2, 0.25) is 5.02 Å². The van der Waals surface area contributed by atoms with Crippen LogP contribution in [-0.4, -0.2) is 40.1 Å². The van der Waals surface area contributed by atoms with Crippen LogP contribution in [0.5, 0.6) is 0 Å². The lowest BCUT2D eigenvalue weighted by molar-refractivity contribution is -0.131. The number of nitrogens with two attached hydrogens (primary N) is 1. The van der Waals surface area contributed by atoms with Crippen molar-refractivity contribution in [1.82, 2.24) is 15.0 Å². The monoisotopic (exact) mass is 384 g/mol. The Bertz CT molecular complexity index is 690. The number of rotatable bonds is 6. The van der Waals surface area contributed by atoms with Gasteiger partial charge in [0.2, 0.25) is 17.6 Å². The highest BCUT2D eigenvalue weighted by molar-refractivity contribution is 6.30. The second-order valence-corrected chi connectivity index (χ2v) is 6.43. The molecule has 0 bridgehead atoms. The zero-order valence-electron chi connectivity index (χ0n) is 13.9. The molecule has 1 atom stereocenters. The molecule has 25 heavy (non-hydrogen) atoms. The van der Waals surface area contributed by atoms with Gasteiger partial charge in [0.1, 0.15) is 0 Å². The van der Waals surface area contributed by atoms with Gasteiger partial charge in [-0.25, -0.2) is 0 Å². The van der Waals surface area contributed by atoms with Crippen molar-refractivity contribution in [2.24, 2.45) is 5.73 Å². The molecule has 6 nitrogen and oxygen atoms in total. The third-order valence-electron chi connectivity index (χ3n) is 4.32. The van der Waals surface area contributed by atoms with Crippen molar-refractivity contribution < 1.29 is 9.32 Å². The van der Waals surface area contributed by atoms with E-state index in [1.54, 1.807) is 12.1 Å². The second kappa shape index (κ2) is 9.17. The number of aryl methyl sites for hydroxylation is 1. The van der Waals surface area contributed by atoms with E-state index in [0.717, 1.165) is 24.9 Å². The molecule has 0 spiro atoms. The minimum atomic E-state index is 0. The highest BCUT2D eigenvalue weighted by Gasteiger charge is 2.26. The number of carbonyl (C=O) groups excluding carboxylic acids is 1. The van der Waals surface area contributed by atoms with Gasteiger partial charge in [-0.3, -0.25) is 4.79 Å². The maximum Gasteiger partial charge on any atom is 0.226 e. The van der Waals surface area contributed by atoms with Crippen molar-refractivity contribution in [3.63, 3.8) is 0 Å². The van der Waals surface area contributed by atoms with Crippen LogP contribution >= 0.6 is 24.0 Å². The van der Waals surface area contributed by atoms with Gasteiger partial charge in [-0.1, -0.05) is 16.8 Å². The van der Waals surface area contributed by atoms with Gasteiger partial charge >= 0.3 is 0 Å². The van der Waals surface area contributed by atoms with Crippen LogP contribution in [-0.2, 0) is 11.2 Å². The molecule has 0 aliphatic carbocycles. The van der Waals surface area contributed by atoms with Crippen LogP contribution in [0, 0.1) is 0 Å². The van der Waals surface area contributed by atoms with Crippen molar-refractivity contribution in [1.29, 1.82) is 0 Å². The fourth-order valence-corrected chi connectivity index (χ4v) is 3.14. The Labute approximate surface area is 158 Å². The van der Waals surface area contributed by atoms with Gasteiger partial charge in [-0.15, -0.1) is 12.4 Å². The molecule has 0 saturated carbocycles. The number of halogens is 2. The van der Waals surface area contributed by atoms with E-state index in [4.69, 9.17) is 21.9 Å². The molecule has 1 saturated heterocycles. The average molecular weight is 385 g/mol. The zero-order valence-corrected chi connectivity index (χ0v) is 15.4. The zero-order chi connectivity index (χ0) is 16.9. The summed E-state index contributed by atoms with van der Waals surface area (Å²) in [7, 11) is 0. The number of hydrogen-bond acceptors (Lipinski definition) is 5. The maximum absolute atomic E-state index is 12.3. The summed E-state index contributed by atoms with van der Waals surface area (Å²) in [6.45, 7) is 1.36. The lowest BCUT2D eigenvalue weighted by atomic mass is 10.2. The number of likely N-dealkylation sites (tertiary alicyclic amines) is 1. The minimum absolute atomic E-state index is 0. The number of aromatic nitrogens is 2. The Kier molecular flexibility index (Phi) is 7.23. The third kappa shape index (κ3) is 4.93. The van der Waals surface area contributed by atoms with Crippen LogP contribution in [0.4, 0.5) is 0 Å². The van der Waals surface area contributed by atoms with E-state index in [-0.39, 0.29) is 24.4 Å². The summed E-state index contributed by atoms with van der Waals surface area (Å²) in [6, 6.07) is 7.48. The van der Waals surface area contributed by atoms with Gasteiger partial charge in [0.15, 0.2) is 0 Å². The molecule has 1 aromatic carbocycles. The normalized spacial score (nSPS) is 16.7. The van der Waals surface area contributed by atoms with Gasteiger partial charge in [0, 0.05) is 42.6 Å². The van der Waals surface area contributed by atoms with Crippen molar-refractivity contribution in [3.8, 4) is 11.4 Å². The van der Waals surface area contributed by atoms with Gasteiger partial charge in [0.25, 0.3) is 0 Å². The average Bonchev–Trinajstić information content (AvgIpc) is 3.24. The van der Waals surface area contributed by atoms with E-state index in [2.05, 4.69) is 10.1 Å². The molecule has 0 radical (unpaired) electrons. The lowest BCUT2D eigenvalue weighted by Gasteiger charge is -2.23. The van der Waals surface area contributed by atoms with E-state index in [1.807, 2.05) is 17.0 Å². The number of hydrogen-bond donors (Lipinski definition) is 1. The standard InChI is InChI=1S/C17H21ClN4O2.ClH/c18-13-8-6-12(7-9-13)17-20-15(24-21-17)4-1-5-16(23)22-10-2-3-14(22)11-19;/h6-9,14H,1-5,10-11,19H2;1H. The molecule has 1 aliphatic rings. The van der Waals surface area contributed by atoms with Crippen LogP contribution in [0.25, 0.3) is 11.4 Å². The SMILES string of the molecule is Cl.NCC1CCCN1C(=O)CCCc1nc(-c2ccc(Cl)cc2)no1. The van der Waals surface area contributed by atoms with Gasteiger partial charge in [-0.05, 0) is 43.5 Å². The molecule has 1 aromatic heterocycles. The summed E-state index contributed by atoms with van der Waals surface area (Å²) >= 11 is 5.87. The molecule has 3 rings (SSSR count). The Morgan fingerprint density at radius 1 is 1.36 bits per heavy atom. The second-order valence-electron chi connectivity index (χ2n) is 5.99. The summed E-state index contributed by atoms with van der Waals surface area (Å²) in [5.41, 5.74) is 6.57. The van der Waals surface area contributed by atoms with Crippen LogP contribution in [0.3, 0.4) is 0 Å². The van der Waals surface area contributed by atoms with Crippen LogP contribution in [0.1, 0.15) is 31.6 Å². The number of nitrogens with zero attached hydrogens (tertiary/aromatic N) is 3. The molecule has 2 aromatic rings. The van der Waals surface area contributed by atoms with Crippen molar-refractivity contribution >= 4 is 29.9 Å². The summed E-state index contributed by atoms with van der Waals surface area (Å²) in [5, 5.41) is 4.64. The summed E-state index contributed by atoms with van der Waals surface area (Å²) in [6.07, 6.45) is 3.82. The number of carbonyl (C=O) groups is 1. The van der Waals surface area contributed by atoms with E-state index >= 15 is 0 Å². The first-order valence-electron chi connectivity index (χ1n) is 8.25.